The van der Waals surface area contributed by atoms with Gasteiger partial charge in [0.05, 0.1) is 20.3 Å². The van der Waals surface area contributed by atoms with Crippen molar-refractivity contribution in [1.29, 1.82) is 0 Å². The van der Waals surface area contributed by atoms with Crippen LogP contribution in [0.1, 0.15) is 6.42 Å². The smallest absolute Gasteiger partial charge is 0.109 e. The molecule has 1 heterocycles. The second-order valence-electron chi connectivity index (χ2n) is 2.99. The summed E-state index contributed by atoms with van der Waals surface area (Å²) in [6, 6.07) is -0.313. The SMILES string of the molecule is [B][C@H]1CC(O[P@]([BH3-])(C)=O)[C@@H](COC)O1. The fourth-order valence-corrected chi connectivity index (χ4v) is 1.96. The lowest BCUT2D eigenvalue weighted by Crippen LogP contribution is -2.28. The van der Waals surface area contributed by atoms with Crippen molar-refractivity contribution < 1.29 is 18.6 Å². The molecule has 1 aliphatic rings. The summed E-state index contributed by atoms with van der Waals surface area (Å²) in [6.45, 7) is 2.14. The maximum atomic E-state index is 11.6. The van der Waals surface area contributed by atoms with Gasteiger partial charge in [0, 0.05) is 20.4 Å². The van der Waals surface area contributed by atoms with Gasteiger partial charge in [0.2, 0.25) is 0 Å². The van der Waals surface area contributed by atoms with E-state index in [1.165, 1.54) is 0 Å². The number of methoxy groups -OCH3 is 1. The van der Waals surface area contributed by atoms with Gasteiger partial charge < -0.3 is 18.6 Å². The van der Waals surface area contributed by atoms with Crippen molar-refractivity contribution in [2.75, 3.05) is 20.4 Å². The van der Waals surface area contributed by atoms with Crippen LogP contribution in [0.2, 0.25) is 0 Å². The molecular weight excluding hydrogens is 201 g/mol. The summed E-state index contributed by atoms with van der Waals surface area (Å²) >= 11 is 0. The first-order valence-electron chi connectivity index (χ1n) is 4.11. The van der Waals surface area contributed by atoms with Crippen molar-refractivity contribution in [3.8, 4) is 0 Å². The van der Waals surface area contributed by atoms with Crippen LogP contribution in [0.25, 0.3) is 0 Å². The third kappa shape index (κ3) is 3.77. The minimum Gasteiger partial charge on any atom is -0.382 e. The Morgan fingerprint density at radius 1 is 1.71 bits per heavy atom. The van der Waals surface area contributed by atoms with E-state index < -0.39 is 7.25 Å². The highest BCUT2D eigenvalue weighted by Gasteiger charge is 2.34. The first-order chi connectivity index (χ1) is 6.42. The number of rotatable bonds is 4. The van der Waals surface area contributed by atoms with Crippen molar-refractivity contribution in [2.45, 2.75) is 24.6 Å². The standard InChI is InChI=1S/C7H16B2O4P/c1-11-4-6-5(3-7(8)12-6)13-14(2,9)10/h5-7H,3-4H2,1-2,9H3/q-1/t5?,6-,7-,14+/m1/s1. The molecule has 0 aliphatic carbocycles. The zero-order chi connectivity index (χ0) is 10.8. The predicted molar refractivity (Wildman–Crippen MR) is 59.3 cm³/mol. The molecule has 0 bridgehead atoms. The summed E-state index contributed by atoms with van der Waals surface area (Å²) in [5, 5.41) is 0. The molecule has 80 valence electrons. The van der Waals surface area contributed by atoms with Crippen LogP contribution in [0.4, 0.5) is 0 Å². The Morgan fingerprint density at radius 3 is 2.86 bits per heavy atom. The number of hydrogen-bond donors (Lipinski definition) is 0. The van der Waals surface area contributed by atoms with Crippen LogP contribution in [0, 0.1) is 0 Å². The zero-order valence-corrected chi connectivity index (χ0v) is 8.70. The summed E-state index contributed by atoms with van der Waals surface area (Å²) in [6.07, 6.45) is 0.289. The Balaban J connectivity index is 2.53. The molecule has 14 heavy (non-hydrogen) atoms. The molecule has 1 fully saturated rings. The van der Waals surface area contributed by atoms with E-state index in [0.717, 1.165) is 0 Å². The van der Waals surface area contributed by atoms with Crippen LogP contribution in [0.15, 0.2) is 0 Å². The minimum absolute atomic E-state index is 0.154. The molecule has 0 aromatic rings. The molecule has 0 spiro atoms. The van der Waals surface area contributed by atoms with Gasteiger partial charge in [-0.25, -0.2) is 0 Å². The van der Waals surface area contributed by atoms with E-state index in [2.05, 4.69) is 0 Å². The molecule has 4 atom stereocenters. The molecule has 4 nitrogen and oxygen atoms in total. The van der Waals surface area contributed by atoms with Gasteiger partial charge in [-0.15, -0.1) is 0 Å². The summed E-state index contributed by atoms with van der Waals surface area (Å²) in [7, 11) is 4.71. The summed E-state index contributed by atoms with van der Waals surface area (Å²) in [5.41, 5.74) is 0. The second-order valence-corrected chi connectivity index (χ2v) is 4.08. The third-order valence-electron chi connectivity index (χ3n) is 1.84. The largest absolute Gasteiger partial charge is 0.382 e. The van der Waals surface area contributed by atoms with Gasteiger partial charge in [-0.05, 0) is 13.1 Å². The van der Waals surface area contributed by atoms with Crippen LogP contribution in [0.5, 0.6) is 0 Å². The van der Waals surface area contributed by atoms with Gasteiger partial charge in [0.1, 0.15) is 14.0 Å². The molecule has 1 aliphatic heterocycles. The van der Waals surface area contributed by atoms with Gasteiger partial charge in [-0.1, -0.05) is 0 Å². The third-order valence-corrected chi connectivity index (χ3v) is 2.41. The topological polar surface area (TPSA) is 44.8 Å². The van der Waals surface area contributed by atoms with E-state index in [1.807, 2.05) is 0 Å². The molecule has 0 amide bonds. The fourth-order valence-electron chi connectivity index (χ4n) is 1.36. The predicted octanol–water partition coefficient (Wildman–Crippen LogP) is -0.510. The molecule has 0 N–H and O–H groups in total. The van der Waals surface area contributed by atoms with Gasteiger partial charge in [0.15, 0.2) is 0 Å². The lowest BCUT2D eigenvalue weighted by atomic mass is 9.96. The molecule has 1 saturated heterocycles. The van der Waals surface area contributed by atoms with Crippen molar-refractivity contribution in [3.05, 3.63) is 0 Å². The molecule has 1 rings (SSSR count). The van der Waals surface area contributed by atoms with Gasteiger partial charge in [-0.2, -0.15) is 0 Å². The minimum atomic E-state index is -2.24. The van der Waals surface area contributed by atoms with E-state index in [-0.39, 0.29) is 25.8 Å². The Hall–Kier alpha value is 0.240. The maximum absolute atomic E-state index is 11.6. The quantitative estimate of drug-likeness (QED) is 0.469. The molecule has 0 saturated carbocycles. The zero-order valence-electron chi connectivity index (χ0n) is 7.80. The van der Waals surface area contributed by atoms with E-state index >= 15 is 0 Å². The Morgan fingerprint density at radius 2 is 2.36 bits per heavy atom. The molecule has 0 aromatic carbocycles. The van der Waals surface area contributed by atoms with Crippen molar-refractivity contribution in [3.63, 3.8) is 0 Å². The average molecular weight is 217 g/mol. The van der Waals surface area contributed by atoms with Crippen LogP contribution < -0.4 is 0 Å². The summed E-state index contributed by atoms with van der Waals surface area (Å²) < 4.78 is 27.5. The van der Waals surface area contributed by atoms with E-state index in [9.17, 15) is 4.57 Å². The van der Waals surface area contributed by atoms with Crippen LogP contribution >= 0.6 is 7.25 Å². The molecule has 1 unspecified atom stereocenters. The normalized spacial score (nSPS) is 36.9. The Labute approximate surface area is 86.9 Å². The highest BCUT2D eigenvalue weighted by Crippen LogP contribution is 2.41. The lowest BCUT2D eigenvalue weighted by Gasteiger charge is -2.23. The van der Waals surface area contributed by atoms with E-state index in [1.54, 1.807) is 13.8 Å². The molecule has 0 aromatic heterocycles. The van der Waals surface area contributed by atoms with Crippen molar-refractivity contribution in [1.82, 2.24) is 0 Å². The van der Waals surface area contributed by atoms with Gasteiger partial charge >= 0.3 is 0 Å². The average Bonchev–Trinajstić information content (AvgIpc) is 2.28. The number of ether oxygens (including phenoxy) is 2. The number of hydrogen-bond acceptors (Lipinski definition) is 4. The highest BCUT2D eigenvalue weighted by atomic mass is 31.2. The van der Waals surface area contributed by atoms with E-state index in [4.69, 9.17) is 21.8 Å². The summed E-state index contributed by atoms with van der Waals surface area (Å²) in [5.74, 6) is 0. The second kappa shape index (κ2) is 4.84. The molecule has 2 radical (unpaired) electrons. The lowest BCUT2D eigenvalue weighted by molar-refractivity contribution is -0.00895. The first kappa shape index (κ1) is 12.3. The Kier molecular flexibility index (Phi) is 4.26. The molecule has 7 heteroatoms. The van der Waals surface area contributed by atoms with Crippen LogP contribution in [0.3, 0.4) is 0 Å². The van der Waals surface area contributed by atoms with Gasteiger partial charge in [0.25, 0.3) is 0 Å². The maximum Gasteiger partial charge on any atom is 0.109 e. The van der Waals surface area contributed by atoms with Crippen molar-refractivity contribution >= 4 is 22.7 Å². The molecular formula is C7H16B2O4P-. The Bertz CT molecular complexity index is 232. The first-order valence-corrected chi connectivity index (χ1v) is 5.73. The highest BCUT2D eigenvalue weighted by molar-refractivity contribution is 7.82. The van der Waals surface area contributed by atoms with Crippen LogP contribution in [-0.4, -0.2) is 54.0 Å². The summed E-state index contributed by atoms with van der Waals surface area (Å²) in [4.78, 5) is 0. The monoisotopic (exact) mass is 217 g/mol. The van der Waals surface area contributed by atoms with E-state index in [0.29, 0.717) is 13.0 Å². The fraction of sp³-hybridized carbons (Fsp3) is 1.00. The van der Waals surface area contributed by atoms with Crippen LogP contribution in [-0.2, 0) is 18.6 Å². The van der Waals surface area contributed by atoms with Gasteiger partial charge in [-0.3, -0.25) is 0 Å². The van der Waals surface area contributed by atoms with Crippen molar-refractivity contribution in [2.24, 2.45) is 0 Å².